The maximum absolute atomic E-state index is 12.4. The van der Waals surface area contributed by atoms with E-state index >= 15 is 0 Å². The molecule has 2 atom stereocenters. The first-order valence-electron chi connectivity index (χ1n) is 7.57. The van der Waals surface area contributed by atoms with Crippen LogP contribution >= 0.6 is 0 Å². The highest BCUT2D eigenvalue weighted by molar-refractivity contribution is 5.74. The zero-order valence-corrected chi connectivity index (χ0v) is 12.9. The summed E-state index contributed by atoms with van der Waals surface area (Å²) in [5.74, 6) is 0. The van der Waals surface area contributed by atoms with Gasteiger partial charge in [0.05, 0.1) is 11.7 Å². The maximum atomic E-state index is 12.4. The van der Waals surface area contributed by atoms with E-state index in [9.17, 15) is 4.79 Å². The fourth-order valence-corrected chi connectivity index (χ4v) is 3.17. The summed E-state index contributed by atoms with van der Waals surface area (Å²) in [4.78, 5) is 18.7. The molecule has 0 radical (unpaired) electrons. The minimum Gasteiger partial charge on any atom is -0.444 e. The molecule has 0 N–H and O–H groups in total. The molecule has 4 heteroatoms. The van der Waals surface area contributed by atoms with E-state index in [4.69, 9.17) is 4.74 Å². The Kier molecular flexibility index (Phi) is 3.47. The lowest BCUT2D eigenvalue weighted by Crippen LogP contribution is -2.45. The molecule has 2 aliphatic heterocycles. The number of rotatable bonds is 1. The molecule has 0 saturated carbocycles. The molecule has 1 aromatic heterocycles. The summed E-state index contributed by atoms with van der Waals surface area (Å²) in [7, 11) is 0. The van der Waals surface area contributed by atoms with Crippen LogP contribution in [0.2, 0.25) is 0 Å². The first kappa shape index (κ1) is 14.1. The first-order chi connectivity index (χ1) is 9.94. The molecule has 0 aliphatic carbocycles. The topological polar surface area (TPSA) is 42.4 Å². The number of carbonyl (C=O) groups excluding carboxylic acids is 1. The molecule has 3 heterocycles. The highest BCUT2D eigenvalue weighted by Crippen LogP contribution is 2.38. The van der Waals surface area contributed by atoms with Crippen molar-refractivity contribution in [1.29, 1.82) is 0 Å². The van der Waals surface area contributed by atoms with Gasteiger partial charge < -0.3 is 4.74 Å². The number of amides is 1. The van der Waals surface area contributed by atoms with Crippen LogP contribution in [-0.4, -0.2) is 33.7 Å². The molecule has 4 nitrogen and oxygen atoms in total. The minimum absolute atomic E-state index is 0.149. The van der Waals surface area contributed by atoms with Gasteiger partial charge in [-0.15, -0.1) is 0 Å². The molecule has 0 spiro atoms. The van der Waals surface area contributed by atoms with Gasteiger partial charge in [0, 0.05) is 12.2 Å². The van der Waals surface area contributed by atoms with E-state index in [-0.39, 0.29) is 18.2 Å². The van der Waals surface area contributed by atoms with Gasteiger partial charge in [0.25, 0.3) is 0 Å². The van der Waals surface area contributed by atoms with Gasteiger partial charge in [-0.05, 0) is 57.7 Å². The van der Waals surface area contributed by atoms with Gasteiger partial charge in [0.15, 0.2) is 0 Å². The molecule has 1 saturated heterocycles. The molecule has 3 rings (SSSR count). The normalized spacial score (nSPS) is 24.7. The number of hydrogen-bond donors (Lipinski definition) is 0. The number of nitrogens with zero attached hydrogens (tertiary/aromatic N) is 2. The number of carbonyl (C=O) groups is 1. The third-order valence-electron chi connectivity index (χ3n) is 3.99. The van der Waals surface area contributed by atoms with Crippen LogP contribution in [0.25, 0.3) is 5.57 Å². The lowest BCUT2D eigenvalue weighted by molar-refractivity contribution is 0.0175. The van der Waals surface area contributed by atoms with Crippen molar-refractivity contribution in [2.24, 2.45) is 0 Å². The van der Waals surface area contributed by atoms with E-state index in [1.54, 1.807) is 0 Å². The van der Waals surface area contributed by atoms with Crippen molar-refractivity contribution < 1.29 is 9.53 Å². The molecule has 0 aromatic carbocycles. The third-order valence-corrected chi connectivity index (χ3v) is 3.99. The van der Waals surface area contributed by atoms with E-state index < -0.39 is 5.60 Å². The third kappa shape index (κ3) is 2.94. The summed E-state index contributed by atoms with van der Waals surface area (Å²) >= 11 is 0. The highest BCUT2D eigenvalue weighted by Gasteiger charge is 2.41. The fraction of sp³-hybridized carbons (Fsp3) is 0.529. The average molecular weight is 286 g/mol. The van der Waals surface area contributed by atoms with Gasteiger partial charge in [-0.3, -0.25) is 9.88 Å². The van der Waals surface area contributed by atoms with Crippen molar-refractivity contribution in [1.82, 2.24) is 9.88 Å². The van der Waals surface area contributed by atoms with Crippen LogP contribution in [0.5, 0.6) is 0 Å². The summed E-state index contributed by atoms with van der Waals surface area (Å²) < 4.78 is 5.54. The maximum Gasteiger partial charge on any atom is 0.411 e. The van der Waals surface area contributed by atoms with Gasteiger partial charge in [-0.25, -0.2) is 4.79 Å². The second-order valence-corrected chi connectivity index (χ2v) is 6.80. The molecular weight excluding hydrogens is 264 g/mol. The van der Waals surface area contributed by atoms with Crippen molar-refractivity contribution in [2.75, 3.05) is 0 Å². The summed E-state index contributed by atoms with van der Waals surface area (Å²) in [6.07, 6.45) is 6.74. The van der Waals surface area contributed by atoms with Crippen molar-refractivity contribution in [3.05, 3.63) is 36.2 Å². The van der Waals surface area contributed by atoms with Gasteiger partial charge in [0.2, 0.25) is 0 Å². The second kappa shape index (κ2) is 5.17. The Morgan fingerprint density at radius 2 is 2.14 bits per heavy atom. The van der Waals surface area contributed by atoms with Crippen LogP contribution in [0.3, 0.4) is 0 Å². The molecule has 1 amide bonds. The number of aromatic nitrogens is 1. The van der Waals surface area contributed by atoms with E-state index in [0.717, 1.165) is 25.0 Å². The molecule has 2 bridgehead atoms. The van der Waals surface area contributed by atoms with Crippen LogP contribution in [0.15, 0.2) is 30.5 Å². The smallest absolute Gasteiger partial charge is 0.411 e. The van der Waals surface area contributed by atoms with E-state index in [2.05, 4.69) is 11.1 Å². The molecule has 2 aliphatic rings. The van der Waals surface area contributed by atoms with Crippen molar-refractivity contribution >= 4 is 11.7 Å². The van der Waals surface area contributed by atoms with Crippen LogP contribution in [0, 0.1) is 0 Å². The molecular formula is C17H22N2O2. The molecule has 21 heavy (non-hydrogen) atoms. The number of pyridine rings is 1. The molecule has 112 valence electrons. The summed E-state index contributed by atoms with van der Waals surface area (Å²) in [5, 5.41) is 0. The Bertz CT molecular complexity index is 560. The van der Waals surface area contributed by atoms with Gasteiger partial charge in [-0.2, -0.15) is 0 Å². The largest absolute Gasteiger partial charge is 0.444 e. The predicted molar refractivity (Wildman–Crippen MR) is 81.7 cm³/mol. The van der Waals surface area contributed by atoms with Crippen molar-refractivity contribution in [2.45, 2.75) is 57.7 Å². The lowest BCUT2D eigenvalue weighted by atomic mass is 9.98. The Morgan fingerprint density at radius 1 is 1.33 bits per heavy atom. The summed E-state index contributed by atoms with van der Waals surface area (Å²) in [6, 6.07) is 6.36. The van der Waals surface area contributed by atoms with Crippen molar-refractivity contribution in [3.8, 4) is 0 Å². The Balaban J connectivity index is 1.80. The fourth-order valence-electron chi connectivity index (χ4n) is 3.17. The first-order valence-corrected chi connectivity index (χ1v) is 7.57. The Hall–Kier alpha value is -1.84. The second-order valence-electron chi connectivity index (χ2n) is 6.80. The molecule has 1 fully saturated rings. The highest BCUT2D eigenvalue weighted by atomic mass is 16.6. The van der Waals surface area contributed by atoms with E-state index in [1.807, 2.05) is 50.1 Å². The Morgan fingerprint density at radius 3 is 2.76 bits per heavy atom. The number of ether oxygens (including phenoxy) is 1. The van der Waals surface area contributed by atoms with Crippen LogP contribution in [0.4, 0.5) is 4.79 Å². The van der Waals surface area contributed by atoms with Gasteiger partial charge >= 0.3 is 6.09 Å². The standard InChI is InChI=1S/C17H22N2O2/c1-17(2,3)21-16(20)19-13-7-8-14(19)11-12(10-13)15-6-4-5-9-18-15/h4-6,9-10,13-14H,7-8,11H2,1-3H3/t13-,14+/m0/s1. The average Bonchev–Trinajstić information content (AvgIpc) is 2.69. The Labute approximate surface area is 125 Å². The number of hydrogen-bond acceptors (Lipinski definition) is 3. The lowest BCUT2D eigenvalue weighted by Gasteiger charge is -2.35. The minimum atomic E-state index is -0.443. The SMILES string of the molecule is CC(C)(C)OC(=O)N1[C@@H]2CC[C@H]1C=C(c1ccccn1)C2. The zero-order chi connectivity index (χ0) is 15.0. The van der Waals surface area contributed by atoms with E-state index in [1.165, 1.54) is 5.57 Å². The molecule has 0 unspecified atom stereocenters. The number of fused-ring (bicyclic) bond motifs is 2. The van der Waals surface area contributed by atoms with Crippen LogP contribution in [-0.2, 0) is 4.74 Å². The van der Waals surface area contributed by atoms with E-state index in [0.29, 0.717) is 0 Å². The van der Waals surface area contributed by atoms with Gasteiger partial charge in [0.1, 0.15) is 5.60 Å². The summed E-state index contributed by atoms with van der Waals surface area (Å²) in [5.41, 5.74) is 1.84. The quantitative estimate of drug-likeness (QED) is 0.791. The zero-order valence-electron chi connectivity index (χ0n) is 12.9. The predicted octanol–water partition coefficient (Wildman–Crippen LogP) is 3.64. The van der Waals surface area contributed by atoms with Crippen molar-refractivity contribution in [3.63, 3.8) is 0 Å². The van der Waals surface area contributed by atoms with Gasteiger partial charge in [-0.1, -0.05) is 12.1 Å². The van der Waals surface area contributed by atoms with Crippen LogP contribution in [0.1, 0.15) is 45.7 Å². The summed E-state index contributed by atoms with van der Waals surface area (Å²) in [6.45, 7) is 5.73. The molecule has 1 aromatic rings. The monoisotopic (exact) mass is 286 g/mol. The van der Waals surface area contributed by atoms with Crippen LogP contribution < -0.4 is 0 Å².